The fourth-order valence-electron chi connectivity index (χ4n) is 5.35. The zero-order chi connectivity index (χ0) is 44.6. The van der Waals surface area contributed by atoms with Gasteiger partial charge in [0.15, 0.2) is 0 Å². The van der Waals surface area contributed by atoms with Gasteiger partial charge >= 0.3 is 11.9 Å². The van der Waals surface area contributed by atoms with Crippen molar-refractivity contribution in [2.75, 3.05) is 51.0 Å². The third kappa shape index (κ3) is 21.7. The van der Waals surface area contributed by atoms with Gasteiger partial charge in [-0.05, 0) is 74.6 Å². The number of methoxy groups -OCH3 is 2. The molecule has 59 heavy (non-hydrogen) atoms. The number of nitrogens with zero attached hydrogens (tertiary/aromatic N) is 1. The molecule has 3 amide bonds. The predicted octanol–water partition coefficient (Wildman–Crippen LogP) is 5.82. The molecule has 330 valence electrons. The second kappa shape index (κ2) is 32.4. The van der Waals surface area contributed by atoms with Gasteiger partial charge in [0.05, 0.1) is 52.1 Å². The van der Waals surface area contributed by atoms with Crippen LogP contribution in [0.2, 0.25) is 0 Å². The second-order valence-electron chi connectivity index (χ2n) is 13.2. The highest BCUT2D eigenvalue weighted by atomic mass is 16.5. The standard InChI is InChI=1S/C35H46N6O8.C4H11N.C3H8.C2H6/c1-5-9-30(40-27-11-7-6-10-23(27)2)39-25-15-13-24(14-16-25)18-31(43)36-20-26(22-42)38-28(19-33(45)48-3)34(46)37-21-32(44)41-17-8-12-29(41)35(47)49-4;1-2-3-4-5;1-3-2;1-2/h6-7,9-11,13-16,22,28-29,38-40,42H,5,8,12,17-21H2,1-4H3,(H,36,43)(H,37,46);2-5H2,1H3;3H2,1-2H3;1-2H3/b26-22-,30-9-;;;. The first-order valence-electron chi connectivity index (χ1n) is 20.6. The van der Waals surface area contributed by atoms with Gasteiger partial charge in [-0.3, -0.25) is 19.2 Å². The first kappa shape index (κ1) is 53.4. The maximum absolute atomic E-state index is 13.0. The Kier molecular flexibility index (Phi) is 29.3. The van der Waals surface area contributed by atoms with Crippen molar-refractivity contribution >= 4 is 41.0 Å². The molecule has 0 spiro atoms. The Bertz CT molecular complexity index is 1600. The number of likely N-dealkylation sites (tertiary alicyclic amines) is 1. The van der Waals surface area contributed by atoms with Crippen molar-refractivity contribution in [2.45, 2.75) is 112 Å². The molecule has 1 aliphatic heterocycles. The number of nitrogens with one attached hydrogen (secondary N) is 5. The van der Waals surface area contributed by atoms with Crippen LogP contribution in [-0.2, 0) is 39.9 Å². The number of carbonyl (C=O) groups excluding carboxylic acids is 5. The molecule has 0 aromatic heterocycles. The van der Waals surface area contributed by atoms with Crippen LogP contribution in [0, 0.1) is 6.92 Å². The molecule has 2 aromatic rings. The first-order valence-corrected chi connectivity index (χ1v) is 20.6. The van der Waals surface area contributed by atoms with Crippen LogP contribution in [0.3, 0.4) is 0 Å². The molecule has 0 saturated carbocycles. The average molecular weight is 826 g/mol. The Morgan fingerprint density at radius 2 is 1.59 bits per heavy atom. The van der Waals surface area contributed by atoms with Crippen molar-refractivity contribution in [2.24, 2.45) is 5.73 Å². The van der Waals surface area contributed by atoms with Crippen molar-refractivity contribution in [1.29, 1.82) is 0 Å². The Balaban J connectivity index is 0.00000303. The minimum Gasteiger partial charge on any atom is -0.514 e. The van der Waals surface area contributed by atoms with E-state index in [1.54, 1.807) is 0 Å². The molecule has 1 saturated heterocycles. The number of para-hydroxylation sites is 1. The van der Waals surface area contributed by atoms with Crippen molar-refractivity contribution in [3.8, 4) is 0 Å². The molecule has 2 aromatic carbocycles. The lowest BCUT2D eigenvalue weighted by Gasteiger charge is -2.24. The quantitative estimate of drug-likeness (QED) is 0.0660. The van der Waals surface area contributed by atoms with Crippen LogP contribution in [0.1, 0.15) is 97.6 Å². The lowest BCUT2D eigenvalue weighted by molar-refractivity contribution is -0.150. The number of hydrogen-bond acceptors (Lipinski definition) is 12. The fraction of sp³-hybridized carbons (Fsp3) is 0.523. The Labute approximate surface area is 351 Å². The van der Waals surface area contributed by atoms with Crippen molar-refractivity contribution < 1.29 is 38.6 Å². The van der Waals surface area contributed by atoms with Gasteiger partial charge in [0, 0.05) is 17.9 Å². The average Bonchev–Trinajstić information content (AvgIpc) is 3.74. The molecule has 8 N–H and O–H groups in total. The predicted molar refractivity (Wildman–Crippen MR) is 235 cm³/mol. The van der Waals surface area contributed by atoms with Crippen LogP contribution >= 0.6 is 0 Å². The number of anilines is 2. The first-order chi connectivity index (χ1) is 28.4. The summed E-state index contributed by atoms with van der Waals surface area (Å²) >= 11 is 0. The molecule has 0 aliphatic carbocycles. The highest BCUT2D eigenvalue weighted by Gasteiger charge is 2.35. The van der Waals surface area contributed by atoms with Gasteiger partial charge in [-0.25, -0.2) is 4.79 Å². The minimum absolute atomic E-state index is 0.0463. The lowest BCUT2D eigenvalue weighted by atomic mass is 10.1. The molecule has 2 unspecified atom stereocenters. The number of aliphatic hydroxyl groups excluding tert-OH is 1. The largest absolute Gasteiger partial charge is 0.514 e. The summed E-state index contributed by atoms with van der Waals surface area (Å²) in [7, 11) is 2.40. The number of aliphatic hydroxyl groups is 1. The van der Waals surface area contributed by atoms with Gasteiger partial charge in [-0.1, -0.05) is 84.7 Å². The van der Waals surface area contributed by atoms with E-state index in [1.165, 1.54) is 31.3 Å². The summed E-state index contributed by atoms with van der Waals surface area (Å²) in [5, 5.41) is 24.5. The second-order valence-corrected chi connectivity index (χ2v) is 13.2. The molecule has 0 bridgehead atoms. The van der Waals surface area contributed by atoms with E-state index in [4.69, 9.17) is 15.2 Å². The summed E-state index contributed by atoms with van der Waals surface area (Å²) in [5.74, 6) is -1.96. The highest BCUT2D eigenvalue weighted by Crippen LogP contribution is 2.20. The highest BCUT2D eigenvalue weighted by molar-refractivity contribution is 5.92. The Morgan fingerprint density at radius 1 is 0.932 bits per heavy atom. The molecule has 0 radical (unpaired) electrons. The summed E-state index contributed by atoms with van der Waals surface area (Å²) in [6, 6.07) is 13.4. The summed E-state index contributed by atoms with van der Waals surface area (Å²) in [6.45, 7) is 15.1. The lowest BCUT2D eigenvalue weighted by Crippen LogP contribution is -2.50. The molecule has 1 aliphatic rings. The number of hydrogen-bond donors (Lipinski definition) is 7. The maximum Gasteiger partial charge on any atom is 0.328 e. The van der Waals surface area contributed by atoms with E-state index in [-0.39, 0.29) is 24.6 Å². The topological polar surface area (TPSA) is 213 Å². The van der Waals surface area contributed by atoms with Gasteiger partial charge in [0.1, 0.15) is 17.9 Å². The zero-order valence-electron chi connectivity index (χ0n) is 36.7. The number of benzene rings is 2. The molecule has 3 rings (SSSR count). The fourth-order valence-corrected chi connectivity index (χ4v) is 5.35. The van der Waals surface area contributed by atoms with E-state index in [0.29, 0.717) is 25.6 Å². The van der Waals surface area contributed by atoms with Gasteiger partial charge in [0.2, 0.25) is 17.7 Å². The van der Waals surface area contributed by atoms with Crippen molar-refractivity contribution in [3.05, 3.63) is 83.5 Å². The van der Waals surface area contributed by atoms with Crippen LogP contribution in [0.5, 0.6) is 0 Å². The van der Waals surface area contributed by atoms with Crippen molar-refractivity contribution in [1.82, 2.24) is 20.9 Å². The summed E-state index contributed by atoms with van der Waals surface area (Å²) < 4.78 is 9.45. The number of nitrogens with two attached hydrogens (primary N) is 1. The van der Waals surface area contributed by atoms with E-state index < -0.39 is 48.8 Å². The number of allylic oxidation sites excluding steroid dienone is 1. The Morgan fingerprint density at radius 3 is 2.14 bits per heavy atom. The Hall–Kier alpha value is -5.57. The van der Waals surface area contributed by atoms with E-state index in [1.807, 2.05) is 82.3 Å². The van der Waals surface area contributed by atoms with Crippen LogP contribution in [0.15, 0.2) is 72.4 Å². The van der Waals surface area contributed by atoms with Crippen molar-refractivity contribution in [3.63, 3.8) is 0 Å². The third-order valence-electron chi connectivity index (χ3n) is 8.34. The van der Waals surface area contributed by atoms with Gasteiger partial charge in [-0.2, -0.15) is 0 Å². The number of ether oxygens (including phenoxy) is 2. The van der Waals surface area contributed by atoms with Crippen LogP contribution in [0.4, 0.5) is 11.4 Å². The van der Waals surface area contributed by atoms with E-state index in [0.717, 1.165) is 48.4 Å². The van der Waals surface area contributed by atoms with Crippen LogP contribution in [0.25, 0.3) is 0 Å². The van der Waals surface area contributed by atoms with E-state index >= 15 is 0 Å². The molecule has 1 fully saturated rings. The molecule has 15 nitrogen and oxygen atoms in total. The summed E-state index contributed by atoms with van der Waals surface area (Å²) in [4.78, 5) is 63.9. The molecular weight excluding hydrogens is 755 g/mol. The monoisotopic (exact) mass is 826 g/mol. The van der Waals surface area contributed by atoms with Gasteiger partial charge in [0.25, 0.3) is 0 Å². The molecule has 15 heteroatoms. The smallest absolute Gasteiger partial charge is 0.328 e. The number of esters is 2. The number of amides is 3. The molecule has 1 heterocycles. The van der Waals surface area contributed by atoms with Crippen LogP contribution < -0.4 is 32.3 Å². The SMILES string of the molecule is CC.CC/C=C(/Nc1ccc(CC(=O)NC/C(=C/O)NC(CC(=O)OC)C(=O)NCC(=O)N2CCCC2C(=O)OC)cc1)Nc1ccccc1C.CCC.CCCCN. The van der Waals surface area contributed by atoms with E-state index in [2.05, 4.69) is 47.4 Å². The third-order valence-corrected chi connectivity index (χ3v) is 8.34. The zero-order valence-corrected chi connectivity index (χ0v) is 36.7. The molecule has 2 atom stereocenters. The number of carbonyl (C=O) groups is 5. The maximum atomic E-state index is 13.0. The van der Waals surface area contributed by atoms with Gasteiger partial charge < -0.3 is 51.8 Å². The minimum atomic E-state index is -1.24. The summed E-state index contributed by atoms with van der Waals surface area (Å²) in [6.07, 6.45) is 7.89. The number of rotatable bonds is 19. The molecular formula is C44H71N7O8. The number of unbranched alkanes of at least 4 members (excludes halogenated alkanes) is 1. The van der Waals surface area contributed by atoms with Crippen LogP contribution in [-0.4, -0.2) is 92.1 Å². The summed E-state index contributed by atoms with van der Waals surface area (Å²) in [5.41, 5.74) is 8.88. The van der Waals surface area contributed by atoms with E-state index in [9.17, 15) is 29.1 Å². The van der Waals surface area contributed by atoms with Gasteiger partial charge in [-0.15, -0.1) is 0 Å². The normalized spacial score (nSPS) is 13.7. The number of aryl methyl sites for hydroxylation is 1.